The first kappa shape index (κ1) is 22.3. The van der Waals surface area contributed by atoms with Crippen molar-refractivity contribution >= 4 is 0 Å². The molecule has 30 heavy (non-hydrogen) atoms. The first-order chi connectivity index (χ1) is 14.2. The number of hydrogen-bond acceptors (Lipinski definition) is 2. The van der Waals surface area contributed by atoms with Crippen LogP contribution in [0.25, 0.3) is 0 Å². The maximum absolute atomic E-state index is 9.20. The lowest BCUT2D eigenvalue weighted by Gasteiger charge is -2.55. The lowest BCUT2D eigenvalue weighted by molar-refractivity contribution is -0.283. The van der Waals surface area contributed by atoms with Crippen LogP contribution in [-0.2, 0) is 4.89 Å². The summed E-state index contributed by atoms with van der Waals surface area (Å²) in [6.45, 7) is 14.6. The highest BCUT2D eigenvalue weighted by atomic mass is 17.1. The van der Waals surface area contributed by atoms with Gasteiger partial charge in [-0.1, -0.05) is 77.0 Å². The van der Waals surface area contributed by atoms with Crippen LogP contribution in [0.1, 0.15) is 86.5 Å². The van der Waals surface area contributed by atoms with E-state index in [-0.39, 0.29) is 11.5 Å². The molecule has 0 saturated heterocycles. The first-order valence-corrected chi connectivity index (χ1v) is 12.6. The second kappa shape index (κ2) is 8.24. The molecule has 1 N–H and O–H groups in total. The van der Waals surface area contributed by atoms with E-state index >= 15 is 0 Å². The molecular weight excluding hydrogens is 368 g/mol. The zero-order chi connectivity index (χ0) is 21.7. The fraction of sp³-hybridized carbons (Fsp3) is 0.786. The molecule has 2 heteroatoms. The second-order valence-electron chi connectivity index (χ2n) is 11.9. The van der Waals surface area contributed by atoms with Crippen LogP contribution in [0.2, 0.25) is 0 Å². The van der Waals surface area contributed by atoms with Crippen molar-refractivity contribution in [1.82, 2.24) is 0 Å². The van der Waals surface area contributed by atoms with Gasteiger partial charge in [0.25, 0.3) is 0 Å². The van der Waals surface area contributed by atoms with E-state index in [4.69, 9.17) is 4.89 Å². The summed E-state index contributed by atoms with van der Waals surface area (Å²) in [5, 5.41) is 9.20. The van der Waals surface area contributed by atoms with Gasteiger partial charge in [0.1, 0.15) is 0 Å². The quantitative estimate of drug-likeness (QED) is 0.283. The summed E-state index contributed by atoms with van der Waals surface area (Å²) in [6.07, 6.45) is 18.4. The Labute approximate surface area is 184 Å². The van der Waals surface area contributed by atoms with E-state index in [1.807, 2.05) is 0 Å². The molecule has 0 aliphatic heterocycles. The summed E-state index contributed by atoms with van der Waals surface area (Å²) in [5.74, 6) is 4.30. The van der Waals surface area contributed by atoms with Crippen molar-refractivity contribution in [3.8, 4) is 0 Å². The fourth-order valence-corrected chi connectivity index (χ4v) is 7.67. The van der Waals surface area contributed by atoms with E-state index in [2.05, 4.69) is 65.8 Å². The monoisotopic (exact) mass is 412 g/mol. The van der Waals surface area contributed by atoms with E-state index in [1.54, 1.807) is 5.57 Å². The average molecular weight is 413 g/mol. The Morgan fingerprint density at radius 1 is 0.967 bits per heavy atom. The molecule has 0 aromatic rings. The van der Waals surface area contributed by atoms with Crippen LogP contribution in [0.4, 0.5) is 0 Å². The molecule has 2 nitrogen and oxygen atoms in total. The Morgan fingerprint density at radius 2 is 1.73 bits per heavy atom. The molecule has 3 fully saturated rings. The number of hydrogen-bond donors (Lipinski definition) is 1. The van der Waals surface area contributed by atoms with Gasteiger partial charge in [-0.25, -0.2) is 4.89 Å². The zero-order valence-electron chi connectivity index (χ0n) is 20.2. The Balaban J connectivity index is 1.56. The smallest absolute Gasteiger partial charge is 0.0964 e. The van der Waals surface area contributed by atoms with Crippen LogP contribution < -0.4 is 0 Å². The lowest BCUT2D eigenvalue weighted by Crippen LogP contribution is -2.46. The van der Waals surface area contributed by atoms with Gasteiger partial charge in [0, 0.05) is 0 Å². The molecule has 0 radical (unpaired) electrons. The van der Waals surface area contributed by atoms with Crippen LogP contribution in [0.15, 0.2) is 35.5 Å². The molecule has 0 aromatic heterocycles. The van der Waals surface area contributed by atoms with E-state index in [9.17, 15) is 5.26 Å². The van der Waals surface area contributed by atoms with Gasteiger partial charge in [-0.05, 0) is 91.3 Å². The predicted octanol–water partition coefficient (Wildman–Crippen LogP) is 7.83. The fourth-order valence-electron chi connectivity index (χ4n) is 7.67. The Hall–Kier alpha value is -0.860. The second-order valence-corrected chi connectivity index (χ2v) is 11.9. The largest absolute Gasteiger partial charge is 0.252 e. The molecule has 3 saturated carbocycles. The van der Waals surface area contributed by atoms with Crippen molar-refractivity contribution in [2.24, 2.45) is 46.3 Å². The van der Waals surface area contributed by atoms with Crippen molar-refractivity contribution in [3.05, 3.63) is 35.5 Å². The minimum Gasteiger partial charge on any atom is -0.252 e. The number of allylic oxidation sites excluding steroid dienone is 5. The van der Waals surface area contributed by atoms with Gasteiger partial charge in [0.05, 0.1) is 6.10 Å². The predicted molar refractivity (Wildman–Crippen MR) is 125 cm³/mol. The average Bonchev–Trinajstić information content (AvgIpc) is 3.08. The Morgan fingerprint density at radius 3 is 2.43 bits per heavy atom. The highest BCUT2D eigenvalue weighted by Gasteiger charge is 2.56. The summed E-state index contributed by atoms with van der Waals surface area (Å²) in [4.78, 5) is 4.73. The van der Waals surface area contributed by atoms with Crippen molar-refractivity contribution < 1.29 is 10.1 Å². The molecule has 8 atom stereocenters. The van der Waals surface area contributed by atoms with Crippen LogP contribution in [0.3, 0.4) is 0 Å². The number of rotatable bonds is 5. The van der Waals surface area contributed by atoms with Crippen molar-refractivity contribution in [2.45, 2.75) is 92.6 Å². The van der Waals surface area contributed by atoms with Crippen LogP contribution in [0.5, 0.6) is 0 Å². The van der Waals surface area contributed by atoms with Crippen LogP contribution >= 0.6 is 0 Å². The minimum atomic E-state index is -0.00939. The molecule has 0 amide bonds. The van der Waals surface area contributed by atoms with E-state index in [0.29, 0.717) is 23.2 Å². The SMILES string of the molecule is CC(C)C(C)C=CC(C)C1CCC2C3=CC=C4CC(OO)CCC4(C)C3CCC21C. The third-order valence-corrected chi connectivity index (χ3v) is 10.2. The van der Waals surface area contributed by atoms with Gasteiger partial charge >= 0.3 is 0 Å². The molecular formula is C28H44O2. The van der Waals surface area contributed by atoms with Crippen LogP contribution in [-0.4, -0.2) is 11.4 Å². The summed E-state index contributed by atoms with van der Waals surface area (Å²) in [6, 6.07) is 0. The summed E-state index contributed by atoms with van der Waals surface area (Å²) in [7, 11) is 0. The van der Waals surface area contributed by atoms with Crippen molar-refractivity contribution in [1.29, 1.82) is 0 Å². The van der Waals surface area contributed by atoms with Gasteiger partial charge in [-0.2, -0.15) is 0 Å². The standard InChI is InChI=1S/C28H44O2/c1-18(2)19(3)7-8-20(4)24-11-12-25-23-10-9-21-17-22(30-29)13-15-27(21,5)26(23)14-16-28(24,25)6/h7-10,18-20,22,24-26,29H,11-17H2,1-6H3. The molecule has 168 valence electrons. The van der Waals surface area contributed by atoms with Gasteiger partial charge in [-0.15, -0.1) is 0 Å². The molecule has 4 aliphatic carbocycles. The normalized spacial score (nSPS) is 42.9. The van der Waals surface area contributed by atoms with Crippen molar-refractivity contribution in [2.75, 3.05) is 0 Å². The zero-order valence-corrected chi connectivity index (χ0v) is 20.2. The summed E-state index contributed by atoms with van der Waals surface area (Å²) in [5.41, 5.74) is 3.99. The third-order valence-electron chi connectivity index (χ3n) is 10.2. The minimum absolute atomic E-state index is 0.00939. The van der Waals surface area contributed by atoms with Crippen molar-refractivity contribution in [3.63, 3.8) is 0 Å². The molecule has 0 aromatic carbocycles. The van der Waals surface area contributed by atoms with E-state index in [0.717, 1.165) is 37.0 Å². The van der Waals surface area contributed by atoms with Gasteiger partial charge in [-0.3, -0.25) is 5.26 Å². The maximum atomic E-state index is 9.20. The van der Waals surface area contributed by atoms with Gasteiger partial charge in [0.2, 0.25) is 0 Å². The topological polar surface area (TPSA) is 29.5 Å². The number of fused-ring (bicyclic) bond motifs is 5. The van der Waals surface area contributed by atoms with E-state index < -0.39 is 0 Å². The molecule has 0 heterocycles. The summed E-state index contributed by atoms with van der Waals surface area (Å²) < 4.78 is 0. The first-order valence-electron chi connectivity index (χ1n) is 12.6. The molecule has 0 bridgehead atoms. The molecule has 8 unspecified atom stereocenters. The Bertz CT molecular complexity index is 731. The molecule has 4 rings (SSSR count). The molecule has 4 aliphatic rings. The summed E-state index contributed by atoms with van der Waals surface area (Å²) >= 11 is 0. The van der Waals surface area contributed by atoms with Gasteiger partial charge < -0.3 is 0 Å². The highest BCUT2D eigenvalue weighted by Crippen LogP contribution is 2.66. The lowest BCUT2D eigenvalue weighted by atomic mass is 9.50. The van der Waals surface area contributed by atoms with E-state index in [1.165, 1.54) is 31.3 Å². The van der Waals surface area contributed by atoms with Crippen LogP contribution in [0, 0.1) is 46.3 Å². The van der Waals surface area contributed by atoms with Gasteiger partial charge in [0.15, 0.2) is 0 Å². The highest BCUT2D eigenvalue weighted by molar-refractivity contribution is 5.39. The third kappa shape index (κ3) is 3.56. The molecule has 0 spiro atoms. The Kier molecular flexibility index (Phi) is 6.14. The maximum Gasteiger partial charge on any atom is 0.0964 e.